The van der Waals surface area contributed by atoms with Crippen molar-refractivity contribution in [1.29, 1.82) is 0 Å². The third-order valence-corrected chi connectivity index (χ3v) is 6.76. The summed E-state index contributed by atoms with van der Waals surface area (Å²) < 4.78 is 0. The molecule has 0 bridgehead atoms. The van der Waals surface area contributed by atoms with E-state index in [0.29, 0.717) is 0 Å². The summed E-state index contributed by atoms with van der Waals surface area (Å²) in [4.78, 5) is 11.0. The first kappa shape index (κ1) is 25.5. The topological polar surface area (TPSA) is 72.6 Å². The zero-order chi connectivity index (χ0) is 25.5. The van der Waals surface area contributed by atoms with Gasteiger partial charge in [-0.1, -0.05) is 50.5 Å². The predicted molar refractivity (Wildman–Crippen MR) is 153 cm³/mol. The van der Waals surface area contributed by atoms with E-state index in [2.05, 4.69) is 95.8 Å². The Morgan fingerprint density at radius 3 is 2.61 bits per heavy atom. The van der Waals surface area contributed by atoms with Crippen LogP contribution < -0.4 is 5.32 Å². The lowest BCUT2D eigenvalue weighted by atomic mass is 10.00. The van der Waals surface area contributed by atoms with E-state index >= 15 is 0 Å². The number of nitrogens with one attached hydrogen (secondary N) is 3. The van der Waals surface area contributed by atoms with E-state index in [0.717, 1.165) is 82.4 Å². The number of piperidine rings is 1. The molecule has 3 aromatic rings. The minimum atomic E-state index is 0.746. The quantitative estimate of drug-likeness (QED) is 0.286. The highest BCUT2D eigenvalue weighted by Gasteiger charge is 2.22. The number of H-pyrrole nitrogens is 2. The first-order valence-electron chi connectivity index (χ1n) is 13.0. The van der Waals surface area contributed by atoms with Crippen LogP contribution in [0.3, 0.4) is 0 Å². The summed E-state index contributed by atoms with van der Waals surface area (Å²) in [6.45, 7) is 18.1. The lowest BCUT2D eigenvalue weighted by Gasteiger charge is -2.30. The average Bonchev–Trinajstić information content (AvgIpc) is 3.54. The molecule has 0 amide bonds. The monoisotopic (exact) mass is 482 g/mol. The molecule has 4 rings (SSSR count). The molecule has 0 radical (unpaired) electrons. The first-order chi connectivity index (χ1) is 17.6. The Morgan fingerprint density at radius 1 is 1.14 bits per heavy atom. The van der Waals surface area contributed by atoms with Gasteiger partial charge in [-0.2, -0.15) is 5.10 Å². The molecule has 1 fully saturated rings. The average molecular weight is 483 g/mol. The Kier molecular flexibility index (Phi) is 8.39. The summed E-state index contributed by atoms with van der Waals surface area (Å²) in [5.41, 5.74) is 8.23. The van der Waals surface area contributed by atoms with Crippen molar-refractivity contribution >= 4 is 28.2 Å². The third kappa shape index (κ3) is 5.29. The Morgan fingerprint density at radius 2 is 1.94 bits per heavy atom. The van der Waals surface area contributed by atoms with E-state index in [1.54, 1.807) is 0 Å². The van der Waals surface area contributed by atoms with Gasteiger partial charge in [0.25, 0.3) is 0 Å². The van der Waals surface area contributed by atoms with Gasteiger partial charge >= 0.3 is 0 Å². The molecule has 0 saturated carbocycles. The number of rotatable bonds is 10. The van der Waals surface area contributed by atoms with Gasteiger partial charge in [-0.3, -0.25) is 5.10 Å². The molecule has 1 aromatic carbocycles. The van der Waals surface area contributed by atoms with Crippen molar-refractivity contribution in [2.45, 2.75) is 40.0 Å². The highest BCUT2D eigenvalue weighted by Crippen LogP contribution is 2.32. The lowest BCUT2D eigenvalue weighted by Crippen LogP contribution is -2.28. The molecule has 1 saturated heterocycles. The molecule has 6 heteroatoms. The van der Waals surface area contributed by atoms with Crippen LogP contribution in [0, 0.1) is 0 Å². The molecule has 0 unspecified atom stereocenters. The number of aromatic nitrogens is 4. The second kappa shape index (κ2) is 11.9. The first-order valence-corrected chi connectivity index (χ1v) is 13.0. The van der Waals surface area contributed by atoms with Gasteiger partial charge in [-0.25, -0.2) is 4.98 Å². The van der Waals surface area contributed by atoms with Gasteiger partial charge in [0.1, 0.15) is 11.4 Å². The predicted octanol–water partition coefficient (Wildman–Crippen LogP) is 6.57. The van der Waals surface area contributed by atoms with Gasteiger partial charge in [0.2, 0.25) is 0 Å². The number of aromatic amines is 2. The van der Waals surface area contributed by atoms with E-state index in [1.165, 1.54) is 19.3 Å². The Labute approximate surface area is 214 Å². The number of hydrogen-bond donors (Lipinski definition) is 3. The number of hydrogen-bond acceptors (Lipinski definition) is 4. The van der Waals surface area contributed by atoms with Crippen LogP contribution >= 0.6 is 0 Å². The molecular weight excluding hydrogens is 444 g/mol. The van der Waals surface area contributed by atoms with Crippen molar-refractivity contribution in [2.24, 2.45) is 0 Å². The Balaban J connectivity index is 1.73. The largest absolute Gasteiger partial charge is 0.370 e. The standard InChI is InChI=1S/C30H38N6/c1-6-21(20-31-10-5)18-22(7-2)23-14-15-26-24(19-23)28(35-34-26)30-32-25(8-3)29(33-30)27(9-4)36-16-12-11-13-17-36/h6-9,14-15,18-19,31H,1,3,10-13,16-17,20H2,2,4-5H3,(H,32,33)(H,34,35)/b21-18+,22-7+,27-9+. The molecule has 3 N–H and O–H groups in total. The number of fused-ring (bicyclic) bond motifs is 1. The van der Waals surface area contributed by atoms with Gasteiger partial charge in [0.05, 0.1) is 16.9 Å². The smallest absolute Gasteiger partial charge is 0.159 e. The van der Waals surface area contributed by atoms with Gasteiger partial charge in [-0.15, -0.1) is 0 Å². The van der Waals surface area contributed by atoms with Crippen LogP contribution in [-0.2, 0) is 0 Å². The van der Waals surface area contributed by atoms with Gasteiger partial charge in [0.15, 0.2) is 5.82 Å². The Bertz CT molecular complexity index is 1310. The van der Waals surface area contributed by atoms with Crippen LogP contribution in [0.5, 0.6) is 0 Å². The molecule has 0 aliphatic carbocycles. The lowest BCUT2D eigenvalue weighted by molar-refractivity contribution is 0.325. The van der Waals surface area contributed by atoms with Crippen LogP contribution in [0.4, 0.5) is 0 Å². The minimum Gasteiger partial charge on any atom is -0.370 e. The number of allylic oxidation sites excluding steroid dienone is 4. The highest BCUT2D eigenvalue weighted by molar-refractivity contribution is 5.94. The van der Waals surface area contributed by atoms with Crippen LogP contribution in [0.15, 0.2) is 61.2 Å². The summed E-state index contributed by atoms with van der Waals surface area (Å²) in [5, 5.41) is 12.2. The maximum Gasteiger partial charge on any atom is 0.159 e. The molecule has 1 aliphatic rings. The van der Waals surface area contributed by atoms with E-state index in [1.807, 2.05) is 12.2 Å². The Hall–Kier alpha value is -3.64. The van der Waals surface area contributed by atoms with Crippen molar-refractivity contribution in [3.63, 3.8) is 0 Å². The zero-order valence-corrected chi connectivity index (χ0v) is 21.8. The third-order valence-electron chi connectivity index (χ3n) is 6.76. The second-order valence-corrected chi connectivity index (χ2v) is 9.05. The maximum atomic E-state index is 5.04. The molecule has 0 atom stereocenters. The number of likely N-dealkylation sites (N-methyl/N-ethyl adjacent to an activating group) is 1. The molecule has 36 heavy (non-hydrogen) atoms. The number of benzene rings is 1. The second-order valence-electron chi connectivity index (χ2n) is 9.05. The summed E-state index contributed by atoms with van der Waals surface area (Å²) in [6, 6.07) is 6.39. The minimum absolute atomic E-state index is 0.746. The van der Waals surface area contributed by atoms with Gasteiger partial charge < -0.3 is 15.2 Å². The molecule has 3 heterocycles. The zero-order valence-electron chi connectivity index (χ0n) is 21.8. The van der Waals surface area contributed by atoms with E-state index in [-0.39, 0.29) is 0 Å². The summed E-state index contributed by atoms with van der Waals surface area (Å²) in [7, 11) is 0. The highest BCUT2D eigenvalue weighted by atomic mass is 15.2. The van der Waals surface area contributed by atoms with Crippen LogP contribution in [0.1, 0.15) is 57.0 Å². The number of nitrogens with zero attached hydrogens (tertiary/aromatic N) is 3. The van der Waals surface area contributed by atoms with Crippen molar-refractivity contribution in [2.75, 3.05) is 26.2 Å². The number of imidazole rings is 1. The molecular formula is C30H38N6. The molecule has 2 aromatic heterocycles. The van der Waals surface area contributed by atoms with Crippen LogP contribution in [0.2, 0.25) is 0 Å². The van der Waals surface area contributed by atoms with Crippen molar-refractivity contribution in [3.8, 4) is 11.5 Å². The van der Waals surface area contributed by atoms with Crippen molar-refractivity contribution < 1.29 is 0 Å². The maximum absolute atomic E-state index is 5.04. The fourth-order valence-corrected chi connectivity index (χ4v) is 4.80. The summed E-state index contributed by atoms with van der Waals surface area (Å²) in [5.74, 6) is 0.746. The normalized spacial score (nSPS) is 15.5. The molecule has 1 aliphatic heterocycles. The fraction of sp³-hybridized carbons (Fsp3) is 0.333. The van der Waals surface area contributed by atoms with Crippen LogP contribution in [0.25, 0.3) is 39.8 Å². The van der Waals surface area contributed by atoms with Gasteiger partial charge in [0, 0.05) is 25.0 Å². The number of likely N-dealkylation sites (tertiary alicyclic amines) is 1. The van der Waals surface area contributed by atoms with E-state index in [4.69, 9.17) is 4.98 Å². The summed E-state index contributed by atoms with van der Waals surface area (Å²) in [6.07, 6.45) is 14.0. The van der Waals surface area contributed by atoms with Gasteiger partial charge in [-0.05, 0) is 74.6 Å². The molecule has 6 nitrogen and oxygen atoms in total. The van der Waals surface area contributed by atoms with E-state index < -0.39 is 0 Å². The van der Waals surface area contributed by atoms with Crippen molar-refractivity contribution in [3.05, 3.63) is 78.2 Å². The molecule has 188 valence electrons. The molecule has 0 spiro atoms. The summed E-state index contributed by atoms with van der Waals surface area (Å²) >= 11 is 0. The fourth-order valence-electron chi connectivity index (χ4n) is 4.80. The SMILES string of the molecule is C=C/C(=C\C(=C/C)c1ccc2[nH]nc(-c3nc(/C(=C\C)N4CCCCC4)c(C=C)[nH]3)c2c1)CNCC. The van der Waals surface area contributed by atoms with Crippen LogP contribution in [-0.4, -0.2) is 51.2 Å². The van der Waals surface area contributed by atoms with E-state index in [9.17, 15) is 0 Å². The van der Waals surface area contributed by atoms with Crippen molar-refractivity contribution in [1.82, 2.24) is 30.4 Å².